The Morgan fingerprint density at radius 1 is 1.03 bits per heavy atom. The van der Waals surface area contributed by atoms with Gasteiger partial charge >= 0.3 is 0 Å². The SMILES string of the molecule is Cc1nnc(N2C(=O)c3oc4ccc(Cl)cc4c(=O)c3C2c2ccc(OCc3ccccc3)cc2)s1. The van der Waals surface area contributed by atoms with Crippen LogP contribution >= 0.6 is 22.9 Å². The van der Waals surface area contributed by atoms with Crippen molar-refractivity contribution in [2.75, 3.05) is 4.90 Å². The molecule has 0 saturated heterocycles. The molecule has 1 aliphatic rings. The Labute approximate surface area is 214 Å². The monoisotopic (exact) mass is 515 g/mol. The third kappa shape index (κ3) is 3.84. The second-order valence-corrected chi connectivity index (χ2v) is 9.94. The molecule has 0 saturated carbocycles. The lowest BCUT2D eigenvalue weighted by atomic mass is 9.98. The van der Waals surface area contributed by atoms with Crippen LogP contribution in [0.3, 0.4) is 0 Å². The van der Waals surface area contributed by atoms with Crippen LogP contribution in [0.25, 0.3) is 11.0 Å². The van der Waals surface area contributed by atoms with Gasteiger partial charge in [0.05, 0.1) is 17.0 Å². The summed E-state index contributed by atoms with van der Waals surface area (Å²) in [4.78, 5) is 28.7. The summed E-state index contributed by atoms with van der Waals surface area (Å²) in [5.74, 6) is 0.226. The number of benzene rings is 3. The smallest absolute Gasteiger partial charge is 0.297 e. The van der Waals surface area contributed by atoms with Crippen LogP contribution in [0, 0.1) is 6.92 Å². The average molecular weight is 516 g/mol. The zero-order chi connectivity index (χ0) is 24.8. The van der Waals surface area contributed by atoms with E-state index >= 15 is 0 Å². The summed E-state index contributed by atoms with van der Waals surface area (Å²) in [6.07, 6.45) is 0. The van der Waals surface area contributed by atoms with Crippen LogP contribution in [0.15, 0.2) is 82.0 Å². The number of hydrogen-bond donors (Lipinski definition) is 0. The second kappa shape index (κ2) is 8.89. The minimum atomic E-state index is -0.734. The van der Waals surface area contributed by atoms with E-state index in [0.29, 0.717) is 38.5 Å². The van der Waals surface area contributed by atoms with Gasteiger partial charge in [-0.25, -0.2) is 0 Å². The topological polar surface area (TPSA) is 85.5 Å². The maximum atomic E-state index is 13.7. The summed E-state index contributed by atoms with van der Waals surface area (Å²) in [6.45, 7) is 2.24. The van der Waals surface area contributed by atoms with E-state index < -0.39 is 11.9 Å². The van der Waals surface area contributed by atoms with Crippen LogP contribution < -0.4 is 15.1 Å². The first-order chi connectivity index (χ1) is 17.5. The van der Waals surface area contributed by atoms with Crippen molar-refractivity contribution in [1.82, 2.24) is 10.2 Å². The first-order valence-corrected chi connectivity index (χ1v) is 12.4. The number of nitrogens with zero attached hydrogens (tertiary/aromatic N) is 3. The van der Waals surface area contributed by atoms with Gasteiger partial charge in [0.1, 0.15) is 22.9 Å². The fourth-order valence-electron chi connectivity index (χ4n) is 4.33. The van der Waals surface area contributed by atoms with Crippen LogP contribution in [0.5, 0.6) is 5.75 Å². The first kappa shape index (κ1) is 22.5. The molecule has 36 heavy (non-hydrogen) atoms. The molecule has 0 aliphatic carbocycles. The highest BCUT2D eigenvalue weighted by Gasteiger charge is 2.45. The van der Waals surface area contributed by atoms with Crippen molar-refractivity contribution in [2.45, 2.75) is 19.6 Å². The summed E-state index contributed by atoms with van der Waals surface area (Å²) in [6, 6.07) is 21.2. The van der Waals surface area contributed by atoms with Gasteiger partial charge in [-0.05, 0) is 48.4 Å². The van der Waals surface area contributed by atoms with Gasteiger partial charge < -0.3 is 9.15 Å². The van der Waals surface area contributed by atoms with Gasteiger partial charge in [0, 0.05) is 5.02 Å². The fraction of sp³-hybridized carbons (Fsp3) is 0.111. The van der Waals surface area contributed by atoms with Crippen molar-refractivity contribution in [3.8, 4) is 5.75 Å². The molecule has 9 heteroatoms. The molecule has 3 heterocycles. The predicted molar refractivity (Wildman–Crippen MR) is 138 cm³/mol. The van der Waals surface area contributed by atoms with Crippen molar-refractivity contribution in [3.05, 3.63) is 116 Å². The minimum Gasteiger partial charge on any atom is -0.489 e. The Balaban J connectivity index is 1.44. The summed E-state index contributed by atoms with van der Waals surface area (Å²) in [5.41, 5.74) is 2.02. The van der Waals surface area contributed by atoms with Gasteiger partial charge in [0.2, 0.25) is 10.9 Å². The van der Waals surface area contributed by atoms with Crippen molar-refractivity contribution in [3.63, 3.8) is 0 Å². The molecular weight excluding hydrogens is 498 g/mol. The average Bonchev–Trinajstić information content (AvgIpc) is 3.45. The highest BCUT2D eigenvalue weighted by atomic mass is 35.5. The Bertz CT molecular complexity index is 1660. The Hall–Kier alpha value is -4.01. The number of carbonyl (C=O) groups excluding carboxylic acids is 1. The Kier molecular flexibility index (Phi) is 5.55. The molecule has 1 unspecified atom stereocenters. The van der Waals surface area contributed by atoms with E-state index in [0.717, 1.165) is 11.1 Å². The predicted octanol–water partition coefficient (Wildman–Crippen LogP) is 5.94. The number of anilines is 1. The van der Waals surface area contributed by atoms with Gasteiger partial charge in [-0.2, -0.15) is 0 Å². The third-order valence-corrected chi connectivity index (χ3v) is 7.07. The quantitative estimate of drug-likeness (QED) is 0.288. The third-order valence-electron chi connectivity index (χ3n) is 6.00. The fourth-order valence-corrected chi connectivity index (χ4v) is 5.21. The van der Waals surface area contributed by atoms with Crippen molar-refractivity contribution >= 4 is 44.9 Å². The van der Waals surface area contributed by atoms with Gasteiger partial charge in [-0.1, -0.05) is 65.4 Å². The van der Waals surface area contributed by atoms with E-state index in [1.54, 1.807) is 18.2 Å². The molecule has 0 fully saturated rings. The maximum absolute atomic E-state index is 13.7. The minimum absolute atomic E-state index is 0.00270. The molecule has 0 radical (unpaired) electrons. The molecule has 5 aromatic rings. The number of carbonyl (C=O) groups is 1. The summed E-state index contributed by atoms with van der Waals surface area (Å²) < 4.78 is 11.9. The van der Waals surface area contributed by atoms with E-state index in [1.807, 2.05) is 61.5 Å². The van der Waals surface area contributed by atoms with Crippen molar-refractivity contribution < 1.29 is 13.9 Å². The number of ether oxygens (including phenoxy) is 1. The number of halogens is 1. The molecule has 178 valence electrons. The molecule has 1 aliphatic heterocycles. The highest BCUT2D eigenvalue weighted by Crippen LogP contribution is 2.42. The van der Waals surface area contributed by atoms with Crippen molar-refractivity contribution in [2.24, 2.45) is 0 Å². The zero-order valence-corrected chi connectivity index (χ0v) is 20.5. The number of rotatable bonds is 5. The lowest BCUT2D eigenvalue weighted by Crippen LogP contribution is -2.29. The molecule has 6 rings (SSSR count). The molecule has 7 nitrogen and oxygen atoms in total. The lowest BCUT2D eigenvalue weighted by Gasteiger charge is -2.22. The van der Waals surface area contributed by atoms with E-state index in [9.17, 15) is 9.59 Å². The molecule has 3 aromatic carbocycles. The summed E-state index contributed by atoms with van der Waals surface area (Å²) in [5, 5.41) is 10.1. The normalized spacial score (nSPS) is 14.9. The molecule has 2 aromatic heterocycles. The van der Waals surface area contributed by atoms with E-state index in [1.165, 1.54) is 16.2 Å². The van der Waals surface area contributed by atoms with Gasteiger partial charge in [-0.3, -0.25) is 14.5 Å². The summed E-state index contributed by atoms with van der Waals surface area (Å²) in [7, 11) is 0. The van der Waals surface area contributed by atoms with Gasteiger partial charge in [0.15, 0.2) is 5.43 Å². The van der Waals surface area contributed by atoms with Crippen LogP contribution in [-0.2, 0) is 6.61 Å². The van der Waals surface area contributed by atoms with E-state index in [4.69, 9.17) is 20.8 Å². The lowest BCUT2D eigenvalue weighted by molar-refractivity contribution is 0.0970. The van der Waals surface area contributed by atoms with Crippen LogP contribution in [0.1, 0.15) is 38.3 Å². The second-order valence-electron chi connectivity index (χ2n) is 8.34. The van der Waals surface area contributed by atoms with Crippen molar-refractivity contribution in [1.29, 1.82) is 0 Å². The molecule has 0 bridgehead atoms. The molecule has 1 amide bonds. The standard InChI is InChI=1S/C27H18ClN3O4S/c1-15-29-30-27(36-15)31-23(17-7-10-19(11-8-17)34-14-16-5-3-2-4-6-16)22-24(32)20-13-18(28)9-12-21(20)35-25(22)26(31)33/h2-13,23H,14H2,1H3. The number of amides is 1. The number of aryl methyl sites for hydroxylation is 1. The van der Waals surface area contributed by atoms with Crippen LogP contribution in [0.2, 0.25) is 5.02 Å². The number of fused-ring (bicyclic) bond motifs is 2. The van der Waals surface area contributed by atoms with E-state index in [-0.39, 0.29) is 16.8 Å². The molecule has 0 N–H and O–H groups in total. The first-order valence-electron chi connectivity index (χ1n) is 11.2. The zero-order valence-electron chi connectivity index (χ0n) is 19.0. The molecule has 1 atom stereocenters. The van der Waals surface area contributed by atoms with Crippen LogP contribution in [-0.4, -0.2) is 16.1 Å². The molecular formula is C27H18ClN3O4S. The summed E-state index contributed by atoms with van der Waals surface area (Å²) >= 11 is 7.43. The van der Waals surface area contributed by atoms with E-state index in [2.05, 4.69) is 10.2 Å². The Morgan fingerprint density at radius 2 is 1.81 bits per heavy atom. The largest absolute Gasteiger partial charge is 0.489 e. The van der Waals surface area contributed by atoms with Gasteiger partial charge in [0.25, 0.3) is 5.91 Å². The van der Waals surface area contributed by atoms with Gasteiger partial charge in [-0.15, -0.1) is 10.2 Å². The number of hydrogen-bond acceptors (Lipinski definition) is 7. The molecule has 0 spiro atoms. The highest BCUT2D eigenvalue weighted by molar-refractivity contribution is 7.15. The number of aromatic nitrogens is 2. The Morgan fingerprint density at radius 3 is 2.53 bits per heavy atom. The maximum Gasteiger partial charge on any atom is 0.297 e. The van der Waals surface area contributed by atoms with Crippen LogP contribution in [0.4, 0.5) is 5.13 Å².